The lowest BCUT2D eigenvalue weighted by atomic mass is 9.70. The zero-order chi connectivity index (χ0) is 37.0. The number of hydrogen-bond donors (Lipinski definition) is 0. The Bertz CT molecular complexity index is 2670. The van der Waals surface area contributed by atoms with Crippen LogP contribution in [0.15, 0.2) is 164 Å². The monoisotopic (exact) mass is 695 g/mol. The van der Waals surface area contributed by atoms with Gasteiger partial charge >= 0.3 is 0 Å². The molecule has 0 saturated heterocycles. The molecule has 0 atom stereocenters. The Morgan fingerprint density at radius 3 is 1.39 bits per heavy atom. The van der Waals surface area contributed by atoms with Crippen LogP contribution in [0.5, 0.6) is 0 Å². The van der Waals surface area contributed by atoms with Crippen LogP contribution in [-0.2, 0) is 16.2 Å². The van der Waals surface area contributed by atoms with Crippen LogP contribution < -0.4 is 4.90 Å². The van der Waals surface area contributed by atoms with Gasteiger partial charge in [0, 0.05) is 16.8 Å². The maximum absolute atomic E-state index is 2.55. The molecule has 8 aromatic rings. The summed E-state index contributed by atoms with van der Waals surface area (Å²) >= 11 is 0. The van der Waals surface area contributed by atoms with Gasteiger partial charge in [0.05, 0.1) is 11.1 Å². The Balaban J connectivity index is 1.34. The summed E-state index contributed by atoms with van der Waals surface area (Å²) < 4.78 is 0. The average Bonchev–Trinajstić information content (AvgIpc) is 3.63. The molecule has 10 rings (SSSR count). The molecule has 54 heavy (non-hydrogen) atoms. The first-order valence-corrected chi connectivity index (χ1v) is 19.4. The summed E-state index contributed by atoms with van der Waals surface area (Å²) in [5, 5.41) is 5.07. The fourth-order valence-electron chi connectivity index (χ4n) is 9.49. The third-order valence-electron chi connectivity index (χ3n) is 12.2. The van der Waals surface area contributed by atoms with Crippen molar-refractivity contribution >= 4 is 38.6 Å². The van der Waals surface area contributed by atoms with E-state index in [0.29, 0.717) is 0 Å². The van der Waals surface area contributed by atoms with Gasteiger partial charge < -0.3 is 4.90 Å². The number of hydrogen-bond acceptors (Lipinski definition) is 1. The topological polar surface area (TPSA) is 3.24 Å². The lowest BCUT2D eigenvalue weighted by Crippen LogP contribution is -2.26. The SMILES string of the molecule is CC(C)(C)c1ccc(N(c2ccc(C(C)(C)C)cc2)c2cc3c(c4ccccc24)-c2cc4ccccc4cc2C32c3ccccc3-c3ccccc32)cc1. The molecule has 0 radical (unpaired) electrons. The van der Waals surface area contributed by atoms with Gasteiger partial charge in [0.2, 0.25) is 0 Å². The molecule has 0 bridgehead atoms. The molecule has 1 heteroatoms. The largest absolute Gasteiger partial charge is 0.310 e. The predicted octanol–water partition coefficient (Wildman–Crippen LogP) is 14.4. The number of fused-ring (bicyclic) bond motifs is 13. The lowest BCUT2D eigenvalue weighted by Gasteiger charge is -2.33. The van der Waals surface area contributed by atoms with Gasteiger partial charge in [-0.3, -0.25) is 0 Å². The highest BCUT2D eigenvalue weighted by Gasteiger charge is 2.52. The van der Waals surface area contributed by atoms with E-state index in [1.54, 1.807) is 0 Å². The third kappa shape index (κ3) is 4.64. The molecule has 1 spiro atoms. The van der Waals surface area contributed by atoms with Crippen molar-refractivity contribution < 1.29 is 0 Å². The van der Waals surface area contributed by atoms with Crippen LogP contribution in [0.4, 0.5) is 17.1 Å². The third-order valence-corrected chi connectivity index (χ3v) is 12.2. The summed E-state index contributed by atoms with van der Waals surface area (Å²) in [6.45, 7) is 13.7. The van der Waals surface area contributed by atoms with Gasteiger partial charge in [-0.25, -0.2) is 0 Å². The Kier molecular flexibility index (Phi) is 6.99. The van der Waals surface area contributed by atoms with Gasteiger partial charge in [-0.1, -0.05) is 163 Å². The van der Waals surface area contributed by atoms with Gasteiger partial charge in [0.25, 0.3) is 0 Å². The van der Waals surface area contributed by atoms with Crippen molar-refractivity contribution in [3.8, 4) is 22.3 Å². The fourth-order valence-corrected chi connectivity index (χ4v) is 9.49. The summed E-state index contributed by atoms with van der Waals surface area (Å²) in [7, 11) is 0. The molecule has 8 aromatic carbocycles. The number of benzene rings is 8. The molecule has 0 aliphatic heterocycles. The van der Waals surface area contributed by atoms with Crippen LogP contribution in [-0.4, -0.2) is 0 Å². The van der Waals surface area contributed by atoms with E-state index in [-0.39, 0.29) is 10.8 Å². The van der Waals surface area contributed by atoms with E-state index in [1.807, 2.05) is 0 Å². The highest BCUT2D eigenvalue weighted by molar-refractivity contribution is 6.13. The van der Waals surface area contributed by atoms with Gasteiger partial charge in [0.1, 0.15) is 0 Å². The molecule has 0 N–H and O–H groups in total. The summed E-state index contributed by atoms with van der Waals surface area (Å²) in [4.78, 5) is 2.50. The van der Waals surface area contributed by atoms with Crippen LogP contribution in [0.3, 0.4) is 0 Å². The Morgan fingerprint density at radius 2 is 0.852 bits per heavy atom. The standard InChI is InChI=1S/C53H45N/c1-51(2,3)36-23-27-38(28-24-36)54(39-29-25-37(26-30-39)52(4,5)6)49-33-48-50(43-20-10-9-19-42(43)49)44-31-34-15-7-8-16-35(34)32-47(44)53(48)45-21-13-11-17-40(45)41-18-12-14-22-46(41)53/h7-33H,1-6H3. The molecular formula is C53H45N. The van der Waals surface area contributed by atoms with E-state index >= 15 is 0 Å². The Morgan fingerprint density at radius 1 is 0.389 bits per heavy atom. The van der Waals surface area contributed by atoms with E-state index in [9.17, 15) is 0 Å². The highest BCUT2D eigenvalue weighted by Crippen LogP contribution is 2.65. The molecule has 0 aromatic heterocycles. The second-order valence-electron chi connectivity index (χ2n) is 17.4. The molecule has 2 aliphatic rings. The minimum Gasteiger partial charge on any atom is -0.310 e. The van der Waals surface area contributed by atoms with Crippen LogP contribution >= 0.6 is 0 Å². The smallest absolute Gasteiger partial charge is 0.0726 e. The van der Waals surface area contributed by atoms with Crippen molar-refractivity contribution in [3.63, 3.8) is 0 Å². The second kappa shape index (κ2) is 11.5. The van der Waals surface area contributed by atoms with Gasteiger partial charge in [0.15, 0.2) is 0 Å². The van der Waals surface area contributed by atoms with Gasteiger partial charge in [-0.15, -0.1) is 0 Å². The van der Waals surface area contributed by atoms with E-state index in [2.05, 4.69) is 210 Å². The Hall–Kier alpha value is -5.92. The van der Waals surface area contributed by atoms with Gasteiger partial charge in [-0.2, -0.15) is 0 Å². The normalized spacial score (nSPS) is 13.9. The van der Waals surface area contributed by atoms with Crippen LogP contribution in [0, 0.1) is 0 Å². The van der Waals surface area contributed by atoms with Crippen molar-refractivity contribution in [2.24, 2.45) is 0 Å². The Labute approximate surface area is 319 Å². The highest BCUT2D eigenvalue weighted by atomic mass is 15.1. The molecule has 0 amide bonds. The minimum absolute atomic E-state index is 0.0585. The first-order valence-electron chi connectivity index (χ1n) is 19.4. The molecule has 262 valence electrons. The number of rotatable bonds is 3. The minimum atomic E-state index is -0.474. The molecule has 0 heterocycles. The van der Waals surface area contributed by atoms with E-state index in [4.69, 9.17) is 0 Å². The summed E-state index contributed by atoms with van der Waals surface area (Å²) in [5.41, 5.74) is 16.5. The molecular weight excluding hydrogens is 651 g/mol. The van der Waals surface area contributed by atoms with Crippen LogP contribution in [0.25, 0.3) is 43.8 Å². The lowest BCUT2D eigenvalue weighted by molar-refractivity contribution is 0.590. The quantitative estimate of drug-likeness (QED) is 0.178. The van der Waals surface area contributed by atoms with Crippen LogP contribution in [0.1, 0.15) is 74.9 Å². The summed E-state index contributed by atoms with van der Waals surface area (Å²) in [6.07, 6.45) is 0. The number of nitrogens with zero attached hydrogens (tertiary/aromatic N) is 1. The molecule has 0 fully saturated rings. The van der Waals surface area contributed by atoms with E-state index in [0.717, 1.165) is 11.4 Å². The zero-order valence-electron chi connectivity index (χ0n) is 32.0. The first kappa shape index (κ1) is 32.7. The van der Waals surface area contributed by atoms with Crippen molar-refractivity contribution in [2.75, 3.05) is 4.90 Å². The maximum atomic E-state index is 2.55. The van der Waals surface area contributed by atoms with Crippen molar-refractivity contribution in [2.45, 2.75) is 57.8 Å². The summed E-state index contributed by atoms with van der Waals surface area (Å²) in [5.74, 6) is 0. The molecule has 0 saturated carbocycles. The van der Waals surface area contributed by atoms with Crippen molar-refractivity contribution in [1.82, 2.24) is 0 Å². The number of anilines is 3. The molecule has 1 nitrogen and oxygen atoms in total. The van der Waals surface area contributed by atoms with Crippen LogP contribution in [0.2, 0.25) is 0 Å². The van der Waals surface area contributed by atoms with Gasteiger partial charge in [-0.05, 0) is 125 Å². The molecule has 0 unspecified atom stereocenters. The van der Waals surface area contributed by atoms with E-state index in [1.165, 1.54) is 82.9 Å². The molecule has 2 aliphatic carbocycles. The zero-order valence-corrected chi connectivity index (χ0v) is 32.0. The predicted molar refractivity (Wildman–Crippen MR) is 230 cm³/mol. The first-order chi connectivity index (χ1) is 26.0. The summed E-state index contributed by atoms with van der Waals surface area (Å²) in [6, 6.07) is 62.2. The average molecular weight is 696 g/mol. The van der Waals surface area contributed by atoms with E-state index < -0.39 is 5.41 Å². The maximum Gasteiger partial charge on any atom is 0.0726 e. The second-order valence-corrected chi connectivity index (χ2v) is 17.4. The van der Waals surface area contributed by atoms with Crippen molar-refractivity contribution in [1.29, 1.82) is 0 Å². The van der Waals surface area contributed by atoms with Crippen molar-refractivity contribution in [3.05, 3.63) is 197 Å². The fraction of sp³-hybridized carbons (Fsp3) is 0.170.